The second-order valence-corrected chi connectivity index (χ2v) is 7.47. The largest absolute Gasteiger partial charge is 0.375 e. The van der Waals surface area contributed by atoms with Gasteiger partial charge in [0.1, 0.15) is 12.7 Å². The highest BCUT2D eigenvalue weighted by molar-refractivity contribution is 5.76. The smallest absolute Gasteiger partial charge is 0.222 e. The lowest BCUT2D eigenvalue weighted by Crippen LogP contribution is -2.44. The number of morpholine rings is 1. The lowest BCUT2D eigenvalue weighted by Gasteiger charge is -2.32. The molecule has 0 aliphatic carbocycles. The zero-order valence-corrected chi connectivity index (χ0v) is 17.1. The van der Waals surface area contributed by atoms with Crippen molar-refractivity contribution in [2.75, 3.05) is 19.7 Å². The Kier molecular flexibility index (Phi) is 6.46. The van der Waals surface area contributed by atoms with Gasteiger partial charge < -0.3 is 10.1 Å². The molecule has 0 radical (unpaired) electrons. The molecule has 1 fully saturated rings. The van der Waals surface area contributed by atoms with Gasteiger partial charge in [-0.15, -0.1) is 0 Å². The van der Waals surface area contributed by atoms with Crippen molar-refractivity contribution in [2.45, 2.75) is 32.5 Å². The van der Waals surface area contributed by atoms with Crippen LogP contribution in [0.4, 0.5) is 0 Å². The number of aryl methyl sites for hydroxylation is 1. The molecule has 2 aromatic heterocycles. The second-order valence-electron chi connectivity index (χ2n) is 7.47. The lowest BCUT2D eigenvalue weighted by atomic mass is 10.1. The minimum absolute atomic E-state index is 0.0355. The summed E-state index contributed by atoms with van der Waals surface area (Å²) in [5.74, 6) is 0.641. The molecule has 0 bridgehead atoms. The number of hydrogen-bond acceptors (Lipinski definition) is 6. The van der Waals surface area contributed by atoms with Crippen LogP contribution in [0.2, 0.25) is 0 Å². The van der Waals surface area contributed by atoms with Gasteiger partial charge >= 0.3 is 0 Å². The van der Waals surface area contributed by atoms with Crippen molar-refractivity contribution in [3.05, 3.63) is 71.9 Å². The Labute approximate surface area is 175 Å². The summed E-state index contributed by atoms with van der Waals surface area (Å²) in [7, 11) is 0. The van der Waals surface area contributed by atoms with Gasteiger partial charge in [-0.3, -0.25) is 9.69 Å². The van der Waals surface area contributed by atoms with Crippen LogP contribution in [-0.2, 0) is 22.6 Å². The fourth-order valence-corrected chi connectivity index (χ4v) is 3.59. The zero-order valence-electron chi connectivity index (χ0n) is 17.1. The van der Waals surface area contributed by atoms with Crippen LogP contribution in [0.1, 0.15) is 23.2 Å². The summed E-state index contributed by atoms with van der Waals surface area (Å²) in [6, 6.07) is 14.3. The van der Waals surface area contributed by atoms with E-state index in [1.807, 2.05) is 37.3 Å². The van der Waals surface area contributed by atoms with Crippen molar-refractivity contribution in [3.8, 4) is 5.82 Å². The Balaban J connectivity index is 1.31. The fraction of sp³-hybridized carbons (Fsp3) is 0.364. The summed E-state index contributed by atoms with van der Waals surface area (Å²) in [5.41, 5.74) is 3.04. The Bertz CT molecular complexity index is 961. The van der Waals surface area contributed by atoms with E-state index in [1.54, 1.807) is 11.0 Å². The average Bonchev–Trinajstić information content (AvgIpc) is 3.29. The maximum atomic E-state index is 12.5. The highest BCUT2D eigenvalue weighted by Crippen LogP contribution is 2.14. The quantitative estimate of drug-likeness (QED) is 0.645. The first-order valence-electron chi connectivity index (χ1n) is 10.1. The van der Waals surface area contributed by atoms with Crippen LogP contribution in [-0.4, -0.2) is 56.4 Å². The van der Waals surface area contributed by atoms with Crippen LogP contribution in [0.15, 0.2) is 55.1 Å². The third-order valence-electron chi connectivity index (χ3n) is 5.09. The number of ether oxygens (including phenoxy) is 1. The average molecular weight is 406 g/mol. The van der Waals surface area contributed by atoms with E-state index in [4.69, 9.17) is 4.74 Å². The minimum atomic E-state index is -0.103. The van der Waals surface area contributed by atoms with Gasteiger partial charge in [-0.25, -0.2) is 14.6 Å². The molecule has 3 heterocycles. The Morgan fingerprint density at radius 2 is 2.10 bits per heavy atom. The predicted octanol–water partition coefficient (Wildman–Crippen LogP) is 1.88. The summed E-state index contributed by atoms with van der Waals surface area (Å²) in [6.45, 7) is 5.44. The van der Waals surface area contributed by atoms with Crippen molar-refractivity contribution >= 4 is 5.91 Å². The first-order chi connectivity index (χ1) is 14.7. The molecule has 0 spiro atoms. The standard InChI is InChI=1S/C22H26N6O2/c1-17-7-8-19(22(26-17)28-16-23-15-25-28)12-24-21(29)11-20-14-27(9-10-30-20)13-18-5-3-2-4-6-18/h2-8,15-16,20H,9-14H2,1H3,(H,24,29)/t20-/m0/s1. The second kappa shape index (κ2) is 9.60. The Morgan fingerprint density at radius 1 is 1.23 bits per heavy atom. The zero-order chi connectivity index (χ0) is 20.8. The summed E-state index contributed by atoms with van der Waals surface area (Å²) in [5, 5.41) is 7.15. The molecule has 8 nitrogen and oxygen atoms in total. The molecule has 4 rings (SSSR count). The molecule has 8 heteroatoms. The minimum Gasteiger partial charge on any atom is -0.375 e. The summed E-state index contributed by atoms with van der Waals surface area (Å²) < 4.78 is 7.44. The highest BCUT2D eigenvalue weighted by Gasteiger charge is 2.23. The fourth-order valence-electron chi connectivity index (χ4n) is 3.59. The molecule has 1 saturated heterocycles. The predicted molar refractivity (Wildman–Crippen MR) is 112 cm³/mol. The third kappa shape index (κ3) is 5.28. The van der Waals surface area contributed by atoms with Gasteiger partial charge in [0.2, 0.25) is 5.91 Å². The van der Waals surface area contributed by atoms with Crippen LogP contribution in [0, 0.1) is 6.92 Å². The van der Waals surface area contributed by atoms with E-state index in [-0.39, 0.29) is 12.0 Å². The van der Waals surface area contributed by atoms with E-state index >= 15 is 0 Å². The number of nitrogens with zero attached hydrogens (tertiary/aromatic N) is 5. The van der Waals surface area contributed by atoms with Crippen molar-refractivity contribution in [1.29, 1.82) is 0 Å². The van der Waals surface area contributed by atoms with Crippen LogP contribution in [0.3, 0.4) is 0 Å². The Hall–Kier alpha value is -3.10. The van der Waals surface area contributed by atoms with Crippen molar-refractivity contribution < 1.29 is 9.53 Å². The van der Waals surface area contributed by atoms with E-state index in [1.165, 1.54) is 11.9 Å². The van der Waals surface area contributed by atoms with Gasteiger partial charge in [0.25, 0.3) is 0 Å². The molecule has 30 heavy (non-hydrogen) atoms. The maximum absolute atomic E-state index is 12.5. The van der Waals surface area contributed by atoms with Gasteiger partial charge in [0.15, 0.2) is 5.82 Å². The maximum Gasteiger partial charge on any atom is 0.222 e. The molecule has 1 amide bonds. The van der Waals surface area contributed by atoms with Gasteiger partial charge in [-0.2, -0.15) is 5.10 Å². The van der Waals surface area contributed by atoms with E-state index < -0.39 is 0 Å². The first-order valence-corrected chi connectivity index (χ1v) is 10.1. The molecule has 1 atom stereocenters. The number of rotatable bonds is 7. The number of hydrogen-bond donors (Lipinski definition) is 1. The number of pyridine rings is 1. The molecule has 1 N–H and O–H groups in total. The normalized spacial score (nSPS) is 17.0. The molecule has 1 aliphatic heterocycles. The molecule has 0 saturated carbocycles. The summed E-state index contributed by atoms with van der Waals surface area (Å²) in [6.07, 6.45) is 3.30. The van der Waals surface area contributed by atoms with E-state index in [2.05, 4.69) is 37.4 Å². The van der Waals surface area contributed by atoms with Crippen molar-refractivity contribution in [2.24, 2.45) is 0 Å². The van der Waals surface area contributed by atoms with Crippen molar-refractivity contribution in [1.82, 2.24) is 30.0 Å². The van der Waals surface area contributed by atoms with Gasteiger partial charge in [-0.05, 0) is 18.6 Å². The van der Waals surface area contributed by atoms with E-state index in [9.17, 15) is 4.79 Å². The number of aromatic nitrogens is 4. The number of benzene rings is 1. The lowest BCUT2D eigenvalue weighted by molar-refractivity contribution is -0.126. The van der Waals surface area contributed by atoms with Gasteiger partial charge in [0.05, 0.1) is 19.1 Å². The van der Waals surface area contributed by atoms with Gasteiger partial charge in [0, 0.05) is 37.4 Å². The number of carbonyl (C=O) groups is 1. The Morgan fingerprint density at radius 3 is 2.90 bits per heavy atom. The van der Waals surface area contributed by atoms with Crippen molar-refractivity contribution in [3.63, 3.8) is 0 Å². The molecule has 0 unspecified atom stereocenters. The monoisotopic (exact) mass is 406 g/mol. The molecule has 1 aromatic carbocycles. The molecule has 156 valence electrons. The number of carbonyl (C=O) groups excluding carboxylic acids is 1. The molecular weight excluding hydrogens is 380 g/mol. The third-order valence-corrected chi connectivity index (χ3v) is 5.09. The molecular formula is C22H26N6O2. The van der Waals surface area contributed by atoms with Gasteiger partial charge in [-0.1, -0.05) is 36.4 Å². The summed E-state index contributed by atoms with van der Waals surface area (Å²) >= 11 is 0. The molecule has 1 aliphatic rings. The van der Waals surface area contributed by atoms with Crippen LogP contribution < -0.4 is 5.32 Å². The highest BCUT2D eigenvalue weighted by atomic mass is 16.5. The van der Waals surface area contributed by atoms with E-state index in [0.29, 0.717) is 25.4 Å². The topological polar surface area (TPSA) is 85.2 Å². The van der Waals surface area contributed by atoms with Crippen LogP contribution >= 0.6 is 0 Å². The summed E-state index contributed by atoms with van der Waals surface area (Å²) in [4.78, 5) is 23.4. The van der Waals surface area contributed by atoms with Crippen LogP contribution in [0.5, 0.6) is 0 Å². The molecule has 3 aromatic rings. The first kappa shape index (κ1) is 20.2. The SMILES string of the molecule is Cc1ccc(CNC(=O)C[C@H]2CN(Cc3ccccc3)CCO2)c(-n2cncn2)n1. The number of amides is 1. The number of nitrogens with one attached hydrogen (secondary N) is 1. The van der Waals surface area contributed by atoms with E-state index in [0.717, 1.165) is 30.9 Å². The van der Waals surface area contributed by atoms with Crippen LogP contribution in [0.25, 0.3) is 5.82 Å².